The summed E-state index contributed by atoms with van der Waals surface area (Å²) in [4.78, 5) is 4.13. The molecular formula is C6H4N3S2. The molecule has 0 aliphatic rings. The number of hydrogen-bond acceptors (Lipinski definition) is 5. The van der Waals surface area contributed by atoms with Crippen LogP contribution >= 0.6 is 23.1 Å². The molecule has 55 valence electrons. The summed E-state index contributed by atoms with van der Waals surface area (Å²) in [5, 5.41) is 3.02. The zero-order valence-corrected chi connectivity index (χ0v) is 7.15. The first-order chi connectivity index (χ1) is 5.45. The summed E-state index contributed by atoms with van der Waals surface area (Å²) in [5.74, 6) is 0. The Labute approximate surface area is 72.1 Å². The van der Waals surface area contributed by atoms with Gasteiger partial charge in [0.1, 0.15) is 6.20 Å². The van der Waals surface area contributed by atoms with Gasteiger partial charge in [-0.1, -0.05) is 0 Å². The van der Waals surface area contributed by atoms with E-state index in [2.05, 4.69) is 19.9 Å². The van der Waals surface area contributed by atoms with Gasteiger partial charge in [-0.25, -0.2) is 4.98 Å². The molecule has 0 aliphatic heterocycles. The summed E-state index contributed by atoms with van der Waals surface area (Å²) < 4.78 is 7.82. The average Bonchev–Trinajstić information content (AvgIpc) is 2.60. The summed E-state index contributed by atoms with van der Waals surface area (Å²) in [6.45, 7) is 0. The molecule has 0 atom stereocenters. The third kappa shape index (κ3) is 1.61. The Morgan fingerprint density at radius 1 is 1.55 bits per heavy atom. The van der Waals surface area contributed by atoms with Crippen molar-refractivity contribution in [2.75, 3.05) is 0 Å². The highest BCUT2D eigenvalue weighted by Gasteiger charge is 2.00. The zero-order valence-electron chi connectivity index (χ0n) is 5.52. The van der Waals surface area contributed by atoms with Gasteiger partial charge in [0.05, 0.1) is 22.4 Å². The van der Waals surface area contributed by atoms with E-state index < -0.39 is 0 Å². The molecule has 2 aromatic rings. The first-order valence-electron chi connectivity index (χ1n) is 3.02. The molecule has 0 saturated carbocycles. The number of nitrogens with zero attached hydrogens (tertiary/aromatic N) is 3. The third-order valence-electron chi connectivity index (χ3n) is 1.17. The molecule has 0 aliphatic carbocycles. The van der Waals surface area contributed by atoms with Crippen molar-refractivity contribution < 1.29 is 0 Å². The predicted octanol–water partition coefficient (Wildman–Crippen LogP) is 1.39. The largest absolute Gasteiger partial charge is 0.249 e. The fraction of sp³-hybridized carbons (Fsp3) is 0.167. The molecule has 0 aromatic carbocycles. The molecule has 5 heteroatoms. The highest BCUT2D eigenvalue weighted by molar-refractivity contribution is 7.09. The normalized spacial score (nSPS) is 10.2. The summed E-state index contributed by atoms with van der Waals surface area (Å²) >= 11 is 2.81. The lowest BCUT2D eigenvalue weighted by molar-refractivity contribution is 1.09. The van der Waals surface area contributed by atoms with E-state index in [0.717, 1.165) is 17.1 Å². The van der Waals surface area contributed by atoms with Crippen molar-refractivity contribution in [2.45, 2.75) is 6.42 Å². The highest BCUT2D eigenvalue weighted by atomic mass is 32.1. The van der Waals surface area contributed by atoms with Crippen LogP contribution in [0.25, 0.3) is 0 Å². The monoisotopic (exact) mass is 182 g/mol. The van der Waals surface area contributed by atoms with E-state index in [1.54, 1.807) is 17.5 Å². The fourth-order valence-corrected chi connectivity index (χ4v) is 1.73. The van der Waals surface area contributed by atoms with Gasteiger partial charge < -0.3 is 0 Å². The van der Waals surface area contributed by atoms with Crippen molar-refractivity contribution in [1.29, 1.82) is 0 Å². The van der Waals surface area contributed by atoms with E-state index in [1.807, 2.05) is 5.38 Å². The van der Waals surface area contributed by atoms with Gasteiger partial charge in [0, 0.05) is 18.0 Å². The smallest absolute Gasteiger partial charge is 0.129 e. The van der Waals surface area contributed by atoms with Crippen molar-refractivity contribution in [2.24, 2.45) is 0 Å². The highest BCUT2D eigenvalue weighted by Crippen LogP contribution is 2.09. The molecule has 2 aromatic heterocycles. The lowest BCUT2D eigenvalue weighted by atomic mass is 10.3. The first-order valence-corrected chi connectivity index (χ1v) is 4.63. The summed E-state index contributed by atoms with van der Waals surface area (Å²) in [5.41, 5.74) is 0.880. The van der Waals surface area contributed by atoms with Gasteiger partial charge in [0.15, 0.2) is 0 Å². The lowest BCUT2D eigenvalue weighted by Gasteiger charge is -1.85. The molecule has 2 heterocycles. The van der Waals surface area contributed by atoms with Gasteiger partial charge in [-0.2, -0.15) is 8.75 Å². The van der Waals surface area contributed by atoms with E-state index in [1.165, 1.54) is 11.7 Å². The Bertz CT molecular complexity index is 268. The molecule has 1 radical (unpaired) electrons. The second-order valence-electron chi connectivity index (χ2n) is 1.93. The number of aromatic nitrogens is 3. The van der Waals surface area contributed by atoms with Gasteiger partial charge in [0.25, 0.3) is 0 Å². The summed E-state index contributed by atoms with van der Waals surface area (Å²) in [6.07, 6.45) is 5.35. The van der Waals surface area contributed by atoms with Crippen LogP contribution in [-0.2, 0) is 6.42 Å². The van der Waals surface area contributed by atoms with E-state index in [4.69, 9.17) is 0 Å². The molecule has 0 spiro atoms. The Morgan fingerprint density at radius 3 is 3.18 bits per heavy atom. The van der Waals surface area contributed by atoms with Crippen LogP contribution in [0.5, 0.6) is 0 Å². The lowest BCUT2D eigenvalue weighted by Crippen LogP contribution is -1.85. The summed E-state index contributed by atoms with van der Waals surface area (Å²) in [6, 6.07) is 0. The van der Waals surface area contributed by atoms with Crippen molar-refractivity contribution in [1.82, 2.24) is 13.7 Å². The molecule has 0 bridgehead atoms. The molecule has 0 saturated heterocycles. The maximum atomic E-state index is 4.13. The second kappa shape index (κ2) is 3.06. The van der Waals surface area contributed by atoms with Crippen LogP contribution in [-0.4, -0.2) is 13.7 Å². The number of hydrogen-bond donors (Lipinski definition) is 0. The van der Waals surface area contributed by atoms with Gasteiger partial charge in [0.2, 0.25) is 0 Å². The topological polar surface area (TPSA) is 38.7 Å². The van der Waals surface area contributed by atoms with Crippen molar-refractivity contribution >= 4 is 23.1 Å². The van der Waals surface area contributed by atoms with Crippen LogP contribution in [0.4, 0.5) is 0 Å². The molecular weight excluding hydrogens is 178 g/mol. The zero-order chi connectivity index (χ0) is 7.52. The molecule has 0 amide bonds. The van der Waals surface area contributed by atoms with E-state index in [9.17, 15) is 0 Å². The standard InChI is InChI=1S/C6H4N3S2/c1-2-10-6(7-1)3-5-4-8-11-9-5/h1-2H,3H2. The SMILES string of the molecule is [c]1nsnc1Cc1nccs1. The van der Waals surface area contributed by atoms with Crippen molar-refractivity contribution in [3.05, 3.63) is 28.5 Å². The Hall–Kier alpha value is -0.810. The molecule has 11 heavy (non-hydrogen) atoms. The average molecular weight is 182 g/mol. The van der Waals surface area contributed by atoms with Gasteiger partial charge in [-0.05, 0) is 0 Å². The number of thiazole rings is 1. The van der Waals surface area contributed by atoms with Gasteiger partial charge in [-0.15, -0.1) is 11.3 Å². The van der Waals surface area contributed by atoms with Crippen LogP contribution in [0.15, 0.2) is 11.6 Å². The number of rotatable bonds is 2. The molecule has 0 N–H and O–H groups in total. The molecule has 3 nitrogen and oxygen atoms in total. The maximum absolute atomic E-state index is 4.13. The van der Waals surface area contributed by atoms with Crippen LogP contribution in [0, 0.1) is 6.20 Å². The minimum absolute atomic E-state index is 0.758. The second-order valence-corrected chi connectivity index (χ2v) is 3.43. The predicted molar refractivity (Wildman–Crippen MR) is 43.7 cm³/mol. The van der Waals surface area contributed by atoms with Crippen LogP contribution in [0.1, 0.15) is 10.7 Å². The quantitative estimate of drug-likeness (QED) is 0.704. The van der Waals surface area contributed by atoms with Gasteiger partial charge in [-0.3, -0.25) is 0 Å². The minimum Gasteiger partial charge on any atom is -0.249 e. The van der Waals surface area contributed by atoms with E-state index in [-0.39, 0.29) is 0 Å². The third-order valence-corrected chi connectivity index (χ3v) is 2.42. The minimum atomic E-state index is 0.758. The first kappa shape index (κ1) is 6.87. The Balaban J connectivity index is 2.14. The fourth-order valence-electron chi connectivity index (χ4n) is 0.719. The van der Waals surface area contributed by atoms with Crippen LogP contribution in [0.3, 0.4) is 0 Å². The Morgan fingerprint density at radius 2 is 2.55 bits per heavy atom. The van der Waals surface area contributed by atoms with Crippen LogP contribution < -0.4 is 0 Å². The van der Waals surface area contributed by atoms with E-state index >= 15 is 0 Å². The van der Waals surface area contributed by atoms with Crippen LogP contribution in [0.2, 0.25) is 0 Å². The molecule has 0 unspecified atom stereocenters. The van der Waals surface area contributed by atoms with Crippen molar-refractivity contribution in [3.8, 4) is 0 Å². The molecule has 2 rings (SSSR count). The van der Waals surface area contributed by atoms with Gasteiger partial charge >= 0.3 is 0 Å². The van der Waals surface area contributed by atoms with Crippen molar-refractivity contribution in [3.63, 3.8) is 0 Å². The Kier molecular flexibility index (Phi) is 1.91. The molecule has 0 fully saturated rings. The summed E-state index contributed by atoms with van der Waals surface area (Å²) in [7, 11) is 0. The van der Waals surface area contributed by atoms with E-state index in [0.29, 0.717) is 0 Å². The maximum Gasteiger partial charge on any atom is 0.129 e.